The molecule has 27 heavy (non-hydrogen) atoms. The molecule has 3 rings (SSSR count). The minimum absolute atomic E-state index is 0.0235. The van der Waals surface area contributed by atoms with Gasteiger partial charge in [-0.2, -0.15) is 0 Å². The Morgan fingerprint density at radius 3 is 2.30 bits per heavy atom. The van der Waals surface area contributed by atoms with Crippen molar-refractivity contribution in [3.63, 3.8) is 0 Å². The van der Waals surface area contributed by atoms with Gasteiger partial charge in [0.2, 0.25) is 0 Å². The lowest BCUT2D eigenvalue weighted by atomic mass is 10.2. The average molecular weight is 370 g/mol. The van der Waals surface area contributed by atoms with E-state index in [1.807, 2.05) is 31.2 Å². The number of ether oxygens (including phenoxy) is 2. The first kappa shape index (κ1) is 18.7. The molecule has 1 heterocycles. The minimum Gasteiger partial charge on any atom is -0.491 e. The van der Waals surface area contributed by atoms with Crippen LogP contribution < -0.4 is 10.4 Å². The van der Waals surface area contributed by atoms with Crippen molar-refractivity contribution in [3.05, 3.63) is 64.6 Å². The lowest BCUT2D eigenvalue weighted by Gasteiger charge is -2.13. The molecule has 3 aromatic rings. The van der Waals surface area contributed by atoms with Gasteiger partial charge in [0.05, 0.1) is 30.3 Å². The molecule has 7 heteroatoms. The number of esters is 1. The zero-order valence-electron chi connectivity index (χ0n) is 15.3. The van der Waals surface area contributed by atoms with Crippen LogP contribution in [0, 0.1) is 0 Å². The molecule has 0 fully saturated rings. The Bertz CT molecular complexity index is 988. The fourth-order valence-corrected chi connectivity index (χ4v) is 3.02. The summed E-state index contributed by atoms with van der Waals surface area (Å²) in [5, 5.41) is 10.3. The highest BCUT2D eigenvalue weighted by Gasteiger charge is 2.15. The third-order valence-corrected chi connectivity index (χ3v) is 4.35. The van der Waals surface area contributed by atoms with Crippen LogP contribution in [-0.2, 0) is 17.8 Å². The lowest BCUT2D eigenvalue weighted by Crippen LogP contribution is -2.31. The van der Waals surface area contributed by atoms with Crippen molar-refractivity contribution in [3.8, 4) is 5.75 Å². The molecular formula is C20H22N2O5. The van der Waals surface area contributed by atoms with Crippen LogP contribution in [-0.4, -0.2) is 40.0 Å². The van der Waals surface area contributed by atoms with Crippen molar-refractivity contribution >= 4 is 17.0 Å². The van der Waals surface area contributed by atoms with Crippen molar-refractivity contribution in [2.24, 2.45) is 0 Å². The standard InChI is InChI=1S/C20H22N2O5/c1-3-21-17-6-4-5-7-18(17)22(20(21)25)12-15(23)13-27-16-10-8-14(9-11-16)19(24)26-2/h4-11,15,23H,3,12-13H2,1-2H3/t15-/m1/s1. The number of hydrogen-bond donors (Lipinski definition) is 1. The molecule has 2 aromatic carbocycles. The molecule has 0 bridgehead atoms. The van der Waals surface area contributed by atoms with Gasteiger partial charge in [-0.3, -0.25) is 9.13 Å². The van der Waals surface area contributed by atoms with Gasteiger partial charge >= 0.3 is 11.7 Å². The van der Waals surface area contributed by atoms with Gasteiger partial charge in [0.1, 0.15) is 18.5 Å². The number of benzene rings is 2. The summed E-state index contributed by atoms with van der Waals surface area (Å²) in [6.07, 6.45) is -0.862. The summed E-state index contributed by atoms with van der Waals surface area (Å²) in [4.78, 5) is 24.0. The number of aryl methyl sites for hydroxylation is 1. The Morgan fingerprint density at radius 2 is 1.70 bits per heavy atom. The van der Waals surface area contributed by atoms with Crippen molar-refractivity contribution in [1.29, 1.82) is 0 Å². The minimum atomic E-state index is -0.862. The Hall–Kier alpha value is -3.06. The first-order chi connectivity index (χ1) is 13.0. The van der Waals surface area contributed by atoms with Crippen molar-refractivity contribution in [2.75, 3.05) is 13.7 Å². The van der Waals surface area contributed by atoms with Gasteiger partial charge in [-0.05, 0) is 43.3 Å². The number of aliphatic hydroxyl groups is 1. The predicted molar refractivity (Wildman–Crippen MR) is 101 cm³/mol. The van der Waals surface area contributed by atoms with Gasteiger partial charge in [0, 0.05) is 6.54 Å². The Labute approximate surface area is 156 Å². The van der Waals surface area contributed by atoms with E-state index < -0.39 is 12.1 Å². The number of hydrogen-bond acceptors (Lipinski definition) is 5. The Kier molecular flexibility index (Phi) is 5.61. The molecule has 7 nitrogen and oxygen atoms in total. The van der Waals surface area contributed by atoms with Crippen LogP contribution in [0.15, 0.2) is 53.3 Å². The van der Waals surface area contributed by atoms with E-state index in [1.165, 1.54) is 7.11 Å². The number of imidazole rings is 1. The molecule has 0 unspecified atom stereocenters. The quantitative estimate of drug-likeness (QED) is 0.644. The van der Waals surface area contributed by atoms with E-state index in [4.69, 9.17) is 4.74 Å². The maximum absolute atomic E-state index is 12.6. The van der Waals surface area contributed by atoms with Gasteiger partial charge in [0.15, 0.2) is 0 Å². The van der Waals surface area contributed by atoms with Crippen LogP contribution in [0.2, 0.25) is 0 Å². The molecule has 1 aromatic heterocycles. The van der Waals surface area contributed by atoms with Gasteiger partial charge in [-0.1, -0.05) is 12.1 Å². The second kappa shape index (κ2) is 8.09. The summed E-state index contributed by atoms with van der Waals surface area (Å²) in [5.74, 6) is 0.0957. The molecule has 1 N–H and O–H groups in total. The summed E-state index contributed by atoms with van der Waals surface area (Å²) < 4.78 is 13.5. The number of carbonyl (C=O) groups is 1. The summed E-state index contributed by atoms with van der Waals surface area (Å²) >= 11 is 0. The third kappa shape index (κ3) is 3.88. The van der Waals surface area contributed by atoms with Crippen LogP contribution in [0.1, 0.15) is 17.3 Å². The molecule has 0 spiro atoms. The van der Waals surface area contributed by atoms with Crippen molar-refractivity contribution in [1.82, 2.24) is 9.13 Å². The van der Waals surface area contributed by atoms with E-state index in [9.17, 15) is 14.7 Å². The van der Waals surface area contributed by atoms with E-state index in [-0.39, 0.29) is 18.8 Å². The number of carbonyl (C=O) groups excluding carboxylic acids is 1. The summed E-state index contributed by atoms with van der Waals surface area (Å²) in [6, 6.07) is 14.0. The highest BCUT2D eigenvalue weighted by molar-refractivity contribution is 5.89. The van der Waals surface area contributed by atoms with Crippen molar-refractivity contribution < 1.29 is 19.4 Å². The first-order valence-electron chi connectivity index (χ1n) is 8.72. The highest BCUT2D eigenvalue weighted by atomic mass is 16.5. The van der Waals surface area contributed by atoms with E-state index in [0.29, 0.717) is 17.9 Å². The Balaban J connectivity index is 1.69. The fraction of sp³-hybridized carbons (Fsp3) is 0.300. The predicted octanol–water partition coefficient (Wildman–Crippen LogP) is 2.05. The van der Waals surface area contributed by atoms with Crippen LogP contribution in [0.3, 0.4) is 0 Å². The number of para-hydroxylation sites is 2. The molecule has 0 aliphatic carbocycles. The largest absolute Gasteiger partial charge is 0.491 e. The van der Waals surface area contributed by atoms with Crippen LogP contribution in [0.5, 0.6) is 5.75 Å². The summed E-state index contributed by atoms with van der Waals surface area (Å²) in [7, 11) is 1.32. The monoisotopic (exact) mass is 370 g/mol. The van der Waals surface area contributed by atoms with Crippen LogP contribution in [0.25, 0.3) is 11.0 Å². The number of nitrogens with zero attached hydrogens (tertiary/aromatic N) is 2. The molecule has 0 amide bonds. The molecule has 0 aliphatic heterocycles. The van der Waals surface area contributed by atoms with E-state index in [2.05, 4.69) is 4.74 Å². The zero-order valence-corrected chi connectivity index (χ0v) is 15.3. The SMILES string of the molecule is CCn1c(=O)n(C[C@@H](O)COc2ccc(C(=O)OC)cc2)c2ccccc21. The van der Waals surface area contributed by atoms with Gasteiger partial charge < -0.3 is 14.6 Å². The molecule has 0 saturated heterocycles. The van der Waals surface area contributed by atoms with Crippen LogP contribution >= 0.6 is 0 Å². The Morgan fingerprint density at radius 1 is 1.07 bits per heavy atom. The maximum Gasteiger partial charge on any atom is 0.337 e. The molecule has 1 atom stereocenters. The zero-order chi connectivity index (χ0) is 19.4. The van der Waals surface area contributed by atoms with Crippen LogP contribution in [0.4, 0.5) is 0 Å². The number of fused-ring (bicyclic) bond motifs is 1. The molecule has 0 saturated carbocycles. The number of aliphatic hydroxyl groups excluding tert-OH is 1. The summed E-state index contributed by atoms with van der Waals surface area (Å²) in [5.41, 5.74) is 1.90. The van der Waals surface area contributed by atoms with Crippen molar-refractivity contribution in [2.45, 2.75) is 26.1 Å². The third-order valence-electron chi connectivity index (χ3n) is 4.35. The van der Waals surface area contributed by atoms with E-state index in [1.54, 1.807) is 33.4 Å². The number of aromatic nitrogens is 2. The second-order valence-corrected chi connectivity index (χ2v) is 6.11. The van der Waals surface area contributed by atoms with Gasteiger partial charge in [0.25, 0.3) is 0 Å². The molecular weight excluding hydrogens is 348 g/mol. The lowest BCUT2D eigenvalue weighted by molar-refractivity contribution is 0.0600. The molecule has 142 valence electrons. The average Bonchev–Trinajstić information content (AvgIpc) is 2.97. The highest BCUT2D eigenvalue weighted by Crippen LogP contribution is 2.15. The first-order valence-corrected chi connectivity index (χ1v) is 8.72. The van der Waals surface area contributed by atoms with Gasteiger partial charge in [-0.25, -0.2) is 9.59 Å². The fourth-order valence-electron chi connectivity index (χ4n) is 3.02. The maximum atomic E-state index is 12.6. The van der Waals surface area contributed by atoms with E-state index >= 15 is 0 Å². The van der Waals surface area contributed by atoms with E-state index in [0.717, 1.165) is 11.0 Å². The molecule has 0 aliphatic rings. The molecule has 0 radical (unpaired) electrons. The second-order valence-electron chi connectivity index (χ2n) is 6.11. The topological polar surface area (TPSA) is 82.7 Å². The normalized spacial score (nSPS) is 12.1. The number of methoxy groups -OCH3 is 1. The number of rotatable bonds is 7. The van der Waals surface area contributed by atoms with Gasteiger partial charge in [-0.15, -0.1) is 0 Å². The summed E-state index contributed by atoms with van der Waals surface area (Å²) in [6.45, 7) is 2.63. The smallest absolute Gasteiger partial charge is 0.337 e.